The zero-order valence-corrected chi connectivity index (χ0v) is 10.6. The van der Waals surface area contributed by atoms with Crippen LogP contribution in [-0.4, -0.2) is 31.1 Å². The molecule has 1 aromatic carbocycles. The summed E-state index contributed by atoms with van der Waals surface area (Å²) in [6, 6.07) is 7.76. The van der Waals surface area contributed by atoms with Gasteiger partial charge in [0.25, 0.3) is 0 Å². The first kappa shape index (κ1) is 12.5. The average Bonchev–Trinajstić information content (AvgIpc) is 2.82. The summed E-state index contributed by atoms with van der Waals surface area (Å²) in [6.07, 6.45) is 2.55. The number of rotatable bonds is 4. The maximum atomic E-state index is 12.9. The predicted octanol–water partition coefficient (Wildman–Crippen LogP) is 2.57. The Morgan fingerprint density at radius 1 is 1.41 bits per heavy atom. The topological polar surface area (TPSA) is 15.3 Å². The van der Waals surface area contributed by atoms with Crippen molar-refractivity contribution < 1.29 is 4.39 Å². The Kier molecular flexibility index (Phi) is 4.13. The van der Waals surface area contributed by atoms with Crippen molar-refractivity contribution in [3.05, 3.63) is 35.6 Å². The minimum atomic E-state index is -0.166. The van der Waals surface area contributed by atoms with E-state index in [2.05, 4.69) is 24.2 Å². The zero-order chi connectivity index (χ0) is 12.3. The monoisotopic (exact) mass is 236 g/mol. The fourth-order valence-electron chi connectivity index (χ4n) is 2.41. The zero-order valence-electron chi connectivity index (χ0n) is 10.6. The number of hydrogen-bond acceptors (Lipinski definition) is 2. The van der Waals surface area contributed by atoms with Gasteiger partial charge < -0.3 is 5.32 Å². The van der Waals surface area contributed by atoms with Crippen LogP contribution in [0.15, 0.2) is 24.3 Å². The lowest BCUT2D eigenvalue weighted by atomic mass is 10.1. The Balaban J connectivity index is 1.93. The lowest BCUT2D eigenvalue weighted by Crippen LogP contribution is -2.36. The molecule has 0 bridgehead atoms. The number of likely N-dealkylation sites (N-methyl/N-ethyl adjacent to an activating group) is 1. The Bertz CT molecular complexity index is 344. The van der Waals surface area contributed by atoms with Crippen molar-refractivity contribution in [2.45, 2.75) is 31.8 Å². The van der Waals surface area contributed by atoms with Crippen LogP contribution in [0.3, 0.4) is 0 Å². The van der Waals surface area contributed by atoms with Gasteiger partial charge in [0.05, 0.1) is 0 Å². The first-order chi connectivity index (χ1) is 8.16. The van der Waals surface area contributed by atoms with Crippen molar-refractivity contribution in [2.75, 3.05) is 20.1 Å². The van der Waals surface area contributed by atoms with E-state index in [0.717, 1.165) is 13.1 Å². The van der Waals surface area contributed by atoms with Crippen molar-refractivity contribution in [3.63, 3.8) is 0 Å². The SMILES string of the molecule is CC(c1ccc(F)cc1)N(C)CC1CCCN1. The molecule has 17 heavy (non-hydrogen) atoms. The Hall–Kier alpha value is -0.930. The van der Waals surface area contributed by atoms with Crippen molar-refractivity contribution in [1.82, 2.24) is 10.2 Å². The Labute approximate surface area is 103 Å². The highest BCUT2D eigenvalue weighted by molar-refractivity contribution is 5.19. The van der Waals surface area contributed by atoms with E-state index in [1.807, 2.05) is 12.1 Å². The van der Waals surface area contributed by atoms with Crippen LogP contribution in [0.2, 0.25) is 0 Å². The van der Waals surface area contributed by atoms with Gasteiger partial charge in [0.2, 0.25) is 0 Å². The quantitative estimate of drug-likeness (QED) is 0.864. The van der Waals surface area contributed by atoms with Gasteiger partial charge in [0.15, 0.2) is 0 Å². The molecule has 0 saturated carbocycles. The molecule has 0 aromatic heterocycles. The van der Waals surface area contributed by atoms with Crippen LogP contribution in [0.25, 0.3) is 0 Å². The molecule has 2 atom stereocenters. The largest absolute Gasteiger partial charge is 0.313 e. The summed E-state index contributed by atoms with van der Waals surface area (Å²) >= 11 is 0. The van der Waals surface area contributed by atoms with E-state index in [-0.39, 0.29) is 5.82 Å². The summed E-state index contributed by atoms with van der Waals surface area (Å²) in [5.74, 6) is -0.166. The van der Waals surface area contributed by atoms with Gasteiger partial charge in [-0.1, -0.05) is 12.1 Å². The van der Waals surface area contributed by atoms with Gasteiger partial charge >= 0.3 is 0 Å². The summed E-state index contributed by atoms with van der Waals surface area (Å²) in [5.41, 5.74) is 1.17. The van der Waals surface area contributed by atoms with Crippen LogP contribution in [-0.2, 0) is 0 Å². The Morgan fingerprint density at radius 3 is 2.71 bits per heavy atom. The van der Waals surface area contributed by atoms with Crippen LogP contribution in [0.1, 0.15) is 31.4 Å². The van der Waals surface area contributed by atoms with E-state index in [4.69, 9.17) is 0 Å². The molecule has 1 aromatic rings. The number of benzene rings is 1. The van der Waals surface area contributed by atoms with Crippen LogP contribution < -0.4 is 5.32 Å². The van der Waals surface area contributed by atoms with E-state index in [1.54, 1.807) is 0 Å². The first-order valence-electron chi connectivity index (χ1n) is 6.36. The summed E-state index contributed by atoms with van der Waals surface area (Å²) in [7, 11) is 2.13. The number of nitrogens with one attached hydrogen (secondary N) is 1. The highest BCUT2D eigenvalue weighted by Crippen LogP contribution is 2.20. The van der Waals surface area contributed by atoms with E-state index in [0.29, 0.717) is 12.1 Å². The molecule has 1 saturated heterocycles. The molecule has 2 unspecified atom stereocenters. The molecule has 1 aliphatic heterocycles. The molecule has 1 N–H and O–H groups in total. The van der Waals surface area contributed by atoms with E-state index >= 15 is 0 Å². The third-order valence-corrected chi connectivity index (χ3v) is 3.68. The van der Waals surface area contributed by atoms with Gasteiger partial charge in [-0.15, -0.1) is 0 Å². The summed E-state index contributed by atoms with van der Waals surface area (Å²) in [6.45, 7) is 4.37. The van der Waals surface area contributed by atoms with E-state index in [1.165, 1.54) is 30.5 Å². The molecule has 0 amide bonds. The molecule has 2 nitrogen and oxygen atoms in total. The maximum absolute atomic E-state index is 12.9. The molecular weight excluding hydrogens is 215 g/mol. The molecule has 1 fully saturated rings. The van der Waals surface area contributed by atoms with Crippen LogP contribution in [0.5, 0.6) is 0 Å². The lowest BCUT2D eigenvalue weighted by Gasteiger charge is -2.27. The molecular formula is C14H21FN2. The highest BCUT2D eigenvalue weighted by Gasteiger charge is 2.19. The molecule has 0 radical (unpaired) electrons. The summed E-state index contributed by atoms with van der Waals surface area (Å²) in [4.78, 5) is 2.33. The van der Waals surface area contributed by atoms with Gasteiger partial charge in [0.1, 0.15) is 5.82 Å². The normalized spacial score (nSPS) is 22.0. The second-order valence-electron chi connectivity index (χ2n) is 4.96. The maximum Gasteiger partial charge on any atom is 0.123 e. The van der Waals surface area contributed by atoms with Crippen LogP contribution in [0, 0.1) is 5.82 Å². The summed E-state index contributed by atoms with van der Waals surface area (Å²) in [5, 5.41) is 3.50. The highest BCUT2D eigenvalue weighted by atomic mass is 19.1. The van der Waals surface area contributed by atoms with Gasteiger partial charge in [-0.2, -0.15) is 0 Å². The van der Waals surface area contributed by atoms with Crippen LogP contribution >= 0.6 is 0 Å². The average molecular weight is 236 g/mol. The van der Waals surface area contributed by atoms with E-state index < -0.39 is 0 Å². The van der Waals surface area contributed by atoms with Crippen molar-refractivity contribution in [2.24, 2.45) is 0 Å². The molecule has 0 aliphatic carbocycles. The molecule has 2 rings (SSSR count). The minimum Gasteiger partial charge on any atom is -0.313 e. The number of nitrogens with zero attached hydrogens (tertiary/aromatic N) is 1. The van der Waals surface area contributed by atoms with Gasteiger partial charge in [-0.25, -0.2) is 4.39 Å². The second-order valence-corrected chi connectivity index (χ2v) is 4.96. The third-order valence-electron chi connectivity index (χ3n) is 3.68. The fraction of sp³-hybridized carbons (Fsp3) is 0.571. The summed E-state index contributed by atoms with van der Waals surface area (Å²) < 4.78 is 12.9. The van der Waals surface area contributed by atoms with Crippen molar-refractivity contribution in [3.8, 4) is 0 Å². The van der Waals surface area contributed by atoms with E-state index in [9.17, 15) is 4.39 Å². The Morgan fingerprint density at radius 2 is 2.12 bits per heavy atom. The third kappa shape index (κ3) is 3.27. The molecule has 94 valence electrons. The second kappa shape index (κ2) is 5.61. The predicted molar refractivity (Wildman–Crippen MR) is 68.5 cm³/mol. The van der Waals surface area contributed by atoms with Crippen LogP contribution in [0.4, 0.5) is 4.39 Å². The molecule has 0 spiro atoms. The number of hydrogen-bond donors (Lipinski definition) is 1. The fourth-order valence-corrected chi connectivity index (χ4v) is 2.41. The van der Waals surface area contributed by atoms with Crippen molar-refractivity contribution in [1.29, 1.82) is 0 Å². The van der Waals surface area contributed by atoms with Crippen molar-refractivity contribution >= 4 is 0 Å². The van der Waals surface area contributed by atoms with Gasteiger partial charge in [-0.05, 0) is 51.1 Å². The molecule has 3 heteroatoms. The first-order valence-corrected chi connectivity index (χ1v) is 6.36. The standard InChI is InChI=1S/C14H21FN2/c1-11(12-5-7-13(15)8-6-12)17(2)10-14-4-3-9-16-14/h5-8,11,14,16H,3-4,9-10H2,1-2H3. The number of halogens is 1. The molecule has 1 aliphatic rings. The van der Waals surface area contributed by atoms with Gasteiger partial charge in [0, 0.05) is 18.6 Å². The van der Waals surface area contributed by atoms with Gasteiger partial charge in [-0.3, -0.25) is 4.90 Å². The smallest absolute Gasteiger partial charge is 0.123 e. The molecule has 1 heterocycles. The lowest BCUT2D eigenvalue weighted by molar-refractivity contribution is 0.238. The minimum absolute atomic E-state index is 0.166.